The average Bonchev–Trinajstić information content (AvgIpc) is 3.17. The van der Waals surface area contributed by atoms with Crippen LogP contribution in [0.1, 0.15) is 29.2 Å². The van der Waals surface area contributed by atoms with Crippen molar-refractivity contribution in [3.63, 3.8) is 0 Å². The second-order valence-corrected chi connectivity index (χ2v) is 7.47. The third kappa shape index (κ3) is 3.70. The molecule has 1 aliphatic rings. The molecule has 1 N–H and O–H groups in total. The van der Waals surface area contributed by atoms with Crippen molar-refractivity contribution in [2.45, 2.75) is 38.4 Å². The number of fused-ring (bicyclic) bond motifs is 2. The van der Waals surface area contributed by atoms with Crippen LogP contribution in [0.4, 0.5) is 0 Å². The average molecular weight is 383 g/mol. The highest BCUT2D eigenvalue weighted by Gasteiger charge is 2.23. The Balaban J connectivity index is 1.41. The van der Waals surface area contributed by atoms with E-state index in [2.05, 4.69) is 15.5 Å². The van der Waals surface area contributed by atoms with Crippen LogP contribution in [0.5, 0.6) is 0 Å². The first-order valence-corrected chi connectivity index (χ1v) is 9.58. The summed E-state index contributed by atoms with van der Waals surface area (Å²) in [5.41, 5.74) is 1.22. The maximum Gasteiger partial charge on any atom is 0.345 e. The Hall–Kier alpha value is -2.94. The molecule has 0 fully saturated rings. The highest BCUT2D eigenvalue weighted by atomic mass is 16.2. The Kier molecular flexibility index (Phi) is 4.99. The van der Waals surface area contributed by atoms with Crippen LogP contribution in [-0.2, 0) is 19.5 Å². The van der Waals surface area contributed by atoms with Crippen molar-refractivity contribution < 1.29 is 4.79 Å². The van der Waals surface area contributed by atoms with Crippen LogP contribution in [0.15, 0.2) is 35.3 Å². The van der Waals surface area contributed by atoms with Crippen molar-refractivity contribution in [1.29, 1.82) is 0 Å². The van der Waals surface area contributed by atoms with Gasteiger partial charge in [0.2, 0.25) is 0 Å². The summed E-state index contributed by atoms with van der Waals surface area (Å²) in [6, 6.07) is 7.47. The lowest BCUT2D eigenvalue weighted by atomic mass is 10.1. The van der Waals surface area contributed by atoms with E-state index in [0.717, 1.165) is 24.3 Å². The topological polar surface area (TPSA) is 89.5 Å². The van der Waals surface area contributed by atoms with E-state index in [4.69, 9.17) is 0 Å². The summed E-state index contributed by atoms with van der Waals surface area (Å²) in [6.45, 7) is 1.92. The molecule has 9 nitrogen and oxygen atoms in total. The molecular formula is C19H25N7O2. The minimum atomic E-state index is -0.184. The Morgan fingerprint density at radius 2 is 2.14 bits per heavy atom. The predicted octanol–water partition coefficient (Wildman–Crippen LogP) is 0.389. The number of aryl methyl sites for hydroxylation is 1. The zero-order valence-electron chi connectivity index (χ0n) is 16.2. The van der Waals surface area contributed by atoms with Gasteiger partial charge in [-0.15, -0.1) is 0 Å². The molecule has 0 radical (unpaired) electrons. The number of hydrogen-bond donors (Lipinski definition) is 1. The van der Waals surface area contributed by atoms with Crippen LogP contribution < -0.4 is 11.0 Å². The second-order valence-electron chi connectivity index (χ2n) is 7.47. The molecule has 148 valence electrons. The first kappa shape index (κ1) is 18.4. The van der Waals surface area contributed by atoms with Crippen molar-refractivity contribution in [2.24, 2.45) is 0 Å². The second kappa shape index (κ2) is 7.59. The fourth-order valence-electron chi connectivity index (χ4n) is 3.52. The molecule has 0 aromatic carbocycles. The zero-order chi connectivity index (χ0) is 19.7. The van der Waals surface area contributed by atoms with Gasteiger partial charge in [-0.2, -0.15) is 10.2 Å². The molecule has 0 saturated heterocycles. The molecule has 0 bridgehead atoms. The number of pyridine rings is 1. The normalized spacial score (nSPS) is 16.9. The Labute approximate surface area is 162 Å². The van der Waals surface area contributed by atoms with E-state index < -0.39 is 0 Å². The number of carbonyl (C=O) groups is 1. The Morgan fingerprint density at radius 3 is 2.93 bits per heavy atom. The molecule has 1 amide bonds. The number of hydrogen-bond acceptors (Lipinski definition) is 5. The van der Waals surface area contributed by atoms with Gasteiger partial charge in [-0.3, -0.25) is 9.36 Å². The Morgan fingerprint density at radius 1 is 1.29 bits per heavy atom. The molecule has 3 aromatic heterocycles. The highest BCUT2D eigenvalue weighted by molar-refractivity contribution is 5.93. The molecule has 1 unspecified atom stereocenters. The van der Waals surface area contributed by atoms with Gasteiger partial charge < -0.3 is 10.2 Å². The van der Waals surface area contributed by atoms with Crippen molar-refractivity contribution in [3.8, 4) is 0 Å². The predicted molar refractivity (Wildman–Crippen MR) is 104 cm³/mol. The largest absolute Gasteiger partial charge is 0.348 e. The van der Waals surface area contributed by atoms with Gasteiger partial charge in [0, 0.05) is 31.7 Å². The first-order chi connectivity index (χ1) is 13.5. The lowest BCUT2D eigenvalue weighted by molar-refractivity contribution is 0.0927. The fourth-order valence-corrected chi connectivity index (χ4v) is 3.52. The van der Waals surface area contributed by atoms with Gasteiger partial charge in [-0.05, 0) is 45.1 Å². The molecule has 0 aliphatic carbocycles. The van der Waals surface area contributed by atoms with Crippen LogP contribution in [0.2, 0.25) is 0 Å². The van der Waals surface area contributed by atoms with E-state index in [0.29, 0.717) is 31.6 Å². The van der Waals surface area contributed by atoms with E-state index >= 15 is 0 Å². The molecule has 4 heterocycles. The van der Waals surface area contributed by atoms with Crippen molar-refractivity contribution in [1.82, 2.24) is 34.2 Å². The standard InChI is InChI=1S/C19H25N7O2/c1-23(2)11-12-26-19(28)24-10-8-14(6-7-17(24)22-26)20-18(27)16-13-15-5-3-4-9-25(15)21-16/h3-5,9,13-14H,6-8,10-12H2,1-2H3,(H,20,27). The summed E-state index contributed by atoms with van der Waals surface area (Å²) in [6.07, 6.45) is 3.94. The smallest absolute Gasteiger partial charge is 0.345 e. The maximum atomic E-state index is 12.6. The lowest BCUT2D eigenvalue weighted by Crippen LogP contribution is -2.36. The lowest BCUT2D eigenvalue weighted by Gasteiger charge is -2.15. The van der Waals surface area contributed by atoms with Crippen molar-refractivity contribution in [3.05, 3.63) is 52.5 Å². The van der Waals surface area contributed by atoms with E-state index in [-0.39, 0.29) is 17.6 Å². The maximum absolute atomic E-state index is 12.6. The van der Waals surface area contributed by atoms with Crippen LogP contribution in [-0.4, -0.2) is 61.5 Å². The summed E-state index contributed by atoms with van der Waals surface area (Å²) >= 11 is 0. The van der Waals surface area contributed by atoms with E-state index in [1.54, 1.807) is 19.8 Å². The number of aromatic nitrogens is 5. The van der Waals surface area contributed by atoms with Crippen LogP contribution in [0.3, 0.4) is 0 Å². The summed E-state index contributed by atoms with van der Waals surface area (Å²) in [5.74, 6) is 0.616. The molecule has 0 saturated carbocycles. The van der Waals surface area contributed by atoms with Gasteiger partial charge in [0.25, 0.3) is 5.91 Å². The molecular weight excluding hydrogens is 358 g/mol. The fraction of sp³-hybridized carbons (Fsp3) is 0.474. The molecule has 3 aromatic rings. The van der Waals surface area contributed by atoms with Crippen LogP contribution in [0.25, 0.3) is 5.52 Å². The SMILES string of the molecule is CN(C)CCn1nc2n(c1=O)CCC(NC(=O)c1cc3ccccn3n1)CC2. The van der Waals surface area contributed by atoms with E-state index in [1.807, 2.05) is 43.4 Å². The number of nitrogens with zero attached hydrogens (tertiary/aromatic N) is 6. The van der Waals surface area contributed by atoms with Crippen molar-refractivity contribution >= 4 is 11.4 Å². The summed E-state index contributed by atoms with van der Waals surface area (Å²) in [7, 11) is 3.95. The minimum Gasteiger partial charge on any atom is -0.348 e. The third-order valence-electron chi connectivity index (χ3n) is 5.11. The van der Waals surface area contributed by atoms with Crippen molar-refractivity contribution in [2.75, 3.05) is 20.6 Å². The third-order valence-corrected chi connectivity index (χ3v) is 5.11. The number of likely N-dealkylation sites (N-methyl/N-ethyl adjacent to an activating group) is 1. The molecule has 0 spiro atoms. The molecule has 28 heavy (non-hydrogen) atoms. The summed E-state index contributed by atoms with van der Waals surface area (Å²) in [5, 5.41) is 11.9. The van der Waals surface area contributed by atoms with E-state index in [1.165, 1.54) is 0 Å². The number of carbonyl (C=O) groups excluding carboxylic acids is 1. The van der Waals surface area contributed by atoms with E-state index in [9.17, 15) is 9.59 Å². The number of rotatable bonds is 5. The number of nitrogens with one attached hydrogen (secondary N) is 1. The summed E-state index contributed by atoms with van der Waals surface area (Å²) in [4.78, 5) is 27.2. The molecule has 1 aliphatic heterocycles. The molecule has 4 rings (SSSR count). The quantitative estimate of drug-likeness (QED) is 0.688. The zero-order valence-corrected chi connectivity index (χ0v) is 16.2. The van der Waals surface area contributed by atoms with Gasteiger partial charge in [0.15, 0.2) is 5.69 Å². The van der Waals surface area contributed by atoms with Gasteiger partial charge in [-0.25, -0.2) is 14.0 Å². The Bertz CT molecular complexity index is 1010. The number of amides is 1. The van der Waals surface area contributed by atoms with Gasteiger partial charge in [0.05, 0.1) is 12.1 Å². The minimum absolute atomic E-state index is 0.00589. The van der Waals surface area contributed by atoms with Gasteiger partial charge in [0.1, 0.15) is 5.82 Å². The molecule has 1 atom stereocenters. The van der Waals surface area contributed by atoms with Gasteiger partial charge >= 0.3 is 5.69 Å². The highest BCUT2D eigenvalue weighted by Crippen LogP contribution is 2.13. The first-order valence-electron chi connectivity index (χ1n) is 9.58. The monoisotopic (exact) mass is 383 g/mol. The van der Waals surface area contributed by atoms with Crippen LogP contribution >= 0.6 is 0 Å². The molecule has 9 heteroatoms. The van der Waals surface area contributed by atoms with Gasteiger partial charge in [-0.1, -0.05) is 6.07 Å². The van der Waals surface area contributed by atoms with Crippen LogP contribution in [0, 0.1) is 0 Å². The summed E-state index contributed by atoms with van der Waals surface area (Å²) < 4.78 is 4.98.